The van der Waals surface area contributed by atoms with Crippen LogP contribution in [0.3, 0.4) is 0 Å². The second-order valence-electron chi connectivity index (χ2n) is 11.9. The molecule has 0 saturated carbocycles. The standard InChI is InChI=1S/C40H62O6/c1-6-11-19-26-42-35(31-33-24-17-16-18-25-33)37(41)34-32-36(43-27-20-12-7-2)39(45-29-22-14-9-4)40(46-30-23-15-10-5)38(34)44-28-21-13-8-3/h16-18,24-25,31-32H,6-15,19-23,26-30H2,1-5H3/b35-31-. The Kier molecular flexibility index (Phi) is 21.2. The topological polar surface area (TPSA) is 63.2 Å². The van der Waals surface area contributed by atoms with Gasteiger partial charge in [-0.05, 0) is 49.8 Å². The average molecular weight is 639 g/mol. The van der Waals surface area contributed by atoms with E-state index in [0.717, 1.165) is 102 Å². The maximum absolute atomic E-state index is 14.6. The summed E-state index contributed by atoms with van der Waals surface area (Å²) in [7, 11) is 0. The summed E-state index contributed by atoms with van der Waals surface area (Å²) >= 11 is 0. The molecular formula is C40H62O6. The highest BCUT2D eigenvalue weighted by Gasteiger charge is 2.29. The molecule has 0 aliphatic carbocycles. The fourth-order valence-electron chi connectivity index (χ4n) is 4.94. The Bertz CT molecular complexity index is 1110. The van der Waals surface area contributed by atoms with Crippen LogP contribution in [0, 0.1) is 0 Å². The SMILES string of the molecule is CCCCCO/C(=C\c1ccccc1)C(=O)c1cc(OCCCCC)c(OCCCCC)c(OCCCCC)c1OCCCCC. The molecule has 258 valence electrons. The van der Waals surface area contributed by atoms with Crippen LogP contribution in [-0.4, -0.2) is 38.8 Å². The molecule has 2 aromatic carbocycles. The van der Waals surface area contributed by atoms with Gasteiger partial charge in [0, 0.05) is 0 Å². The van der Waals surface area contributed by atoms with Crippen LogP contribution >= 0.6 is 0 Å². The molecule has 0 atom stereocenters. The van der Waals surface area contributed by atoms with Gasteiger partial charge in [-0.25, -0.2) is 0 Å². The Hall–Kier alpha value is -3.15. The first-order valence-electron chi connectivity index (χ1n) is 18.3. The van der Waals surface area contributed by atoms with Gasteiger partial charge in [-0.3, -0.25) is 4.79 Å². The molecule has 6 heteroatoms. The van der Waals surface area contributed by atoms with E-state index >= 15 is 0 Å². The molecule has 0 spiro atoms. The van der Waals surface area contributed by atoms with Crippen molar-refractivity contribution in [3.63, 3.8) is 0 Å². The lowest BCUT2D eigenvalue weighted by molar-refractivity contribution is 0.0913. The zero-order chi connectivity index (χ0) is 33.2. The molecule has 0 N–H and O–H groups in total. The summed E-state index contributed by atoms with van der Waals surface area (Å²) in [4.78, 5) is 14.6. The van der Waals surface area contributed by atoms with Gasteiger partial charge in [-0.15, -0.1) is 0 Å². The fourth-order valence-corrected chi connectivity index (χ4v) is 4.94. The lowest BCUT2D eigenvalue weighted by Gasteiger charge is -2.23. The maximum Gasteiger partial charge on any atom is 0.231 e. The van der Waals surface area contributed by atoms with Gasteiger partial charge in [-0.1, -0.05) is 129 Å². The molecule has 0 aromatic heterocycles. The summed E-state index contributed by atoms with van der Waals surface area (Å²) < 4.78 is 32.1. The van der Waals surface area contributed by atoms with E-state index in [-0.39, 0.29) is 11.5 Å². The van der Waals surface area contributed by atoms with Gasteiger partial charge in [0.25, 0.3) is 0 Å². The number of carbonyl (C=O) groups is 1. The smallest absolute Gasteiger partial charge is 0.231 e. The van der Waals surface area contributed by atoms with Crippen molar-refractivity contribution in [3.05, 3.63) is 53.3 Å². The van der Waals surface area contributed by atoms with E-state index < -0.39 is 0 Å². The minimum atomic E-state index is -0.250. The quantitative estimate of drug-likeness (QED) is 0.0400. The van der Waals surface area contributed by atoms with E-state index in [1.165, 1.54) is 0 Å². The van der Waals surface area contributed by atoms with Gasteiger partial charge >= 0.3 is 0 Å². The molecule has 0 heterocycles. The summed E-state index contributed by atoms with van der Waals surface area (Å²) in [5, 5.41) is 0. The van der Waals surface area contributed by atoms with Crippen molar-refractivity contribution >= 4 is 11.9 Å². The number of benzene rings is 2. The lowest BCUT2D eigenvalue weighted by atomic mass is 10.0. The maximum atomic E-state index is 14.6. The van der Waals surface area contributed by atoms with E-state index in [2.05, 4.69) is 34.6 Å². The molecule has 2 aromatic rings. The van der Waals surface area contributed by atoms with Gasteiger partial charge in [-0.2, -0.15) is 0 Å². The molecule has 0 bridgehead atoms. The third kappa shape index (κ3) is 14.5. The second-order valence-corrected chi connectivity index (χ2v) is 11.9. The predicted octanol–water partition coefficient (Wildman–Crippen LogP) is 11.4. The minimum absolute atomic E-state index is 0.250. The Labute approximate surface area is 280 Å². The van der Waals surface area contributed by atoms with Crippen LogP contribution in [0.25, 0.3) is 6.08 Å². The summed E-state index contributed by atoms with van der Waals surface area (Å²) in [5.41, 5.74) is 1.28. The molecule has 0 aliphatic heterocycles. The first-order chi connectivity index (χ1) is 22.6. The van der Waals surface area contributed by atoms with Crippen molar-refractivity contribution in [2.24, 2.45) is 0 Å². The molecule has 6 nitrogen and oxygen atoms in total. The first kappa shape index (κ1) is 39.0. The molecule has 0 radical (unpaired) electrons. The number of ether oxygens (including phenoxy) is 5. The van der Waals surface area contributed by atoms with Crippen molar-refractivity contribution in [2.45, 2.75) is 131 Å². The van der Waals surface area contributed by atoms with Gasteiger partial charge in [0.2, 0.25) is 17.3 Å². The molecule has 0 fully saturated rings. The molecule has 0 aliphatic rings. The summed E-state index contributed by atoms with van der Waals surface area (Å²) in [6, 6.07) is 11.6. The number of Topliss-reactive ketones (excluding diaryl/α,β-unsaturated/α-hetero) is 1. The van der Waals surface area contributed by atoms with Crippen LogP contribution < -0.4 is 18.9 Å². The first-order valence-corrected chi connectivity index (χ1v) is 18.3. The number of allylic oxidation sites excluding steroid dienone is 1. The van der Waals surface area contributed by atoms with E-state index in [0.29, 0.717) is 61.6 Å². The molecule has 0 amide bonds. The molecular weight excluding hydrogens is 576 g/mol. The molecule has 46 heavy (non-hydrogen) atoms. The van der Waals surface area contributed by atoms with Gasteiger partial charge in [0.15, 0.2) is 17.3 Å². The van der Waals surface area contributed by atoms with Gasteiger partial charge < -0.3 is 23.7 Å². The highest BCUT2D eigenvalue weighted by atomic mass is 16.6. The molecule has 2 rings (SSSR count). The highest BCUT2D eigenvalue weighted by molar-refractivity contribution is 6.12. The van der Waals surface area contributed by atoms with Crippen LogP contribution in [0.15, 0.2) is 42.2 Å². The third-order valence-electron chi connectivity index (χ3n) is 7.72. The Morgan fingerprint density at radius 3 is 1.52 bits per heavy atom. The van der Waals surface area contributed by atoms with Crippen molar-refractivity contribution < 1.29 is 28.5 Å². The van der Waals surface area contributed by atoms with E-state index in [4.69, 9.17) is 23.7 Å². The highest BCUT2D eigenvalue weighted by Crippen LogP contribution is 2.48. The normalized spacial score (nSPS) is 11.4. The Morgan fingerprint density at radius 1 is 0.543 bits per heavy atom. The van der Waals surface area contributed by atoms with E-state index in [1.54, 1.807) is 6.07 Å². The third-order valence-corrected chi connectivity index (χ3v) is 7.72. The number of hydrogen-bond acceptors (Lipinski definition) is 6. The number of unbranched alkanes of at least 4 members (excludes halogenated alkanes) is 10. The predicted molar refractivity (Wildman–Crippen MR) is 191 cm³/mol. The zero-order valence-electron chi connectivity index (χ0n) is 29.6. The minimum Gasteiger partial charge on any atom is -0.490 e. The van der Waals surface area contributed by atoms with Crippen LogP contribution in [0.2, 0.25) is 0 Å². The lowest BCUT2D eigenvalue weighted by Crippen LogP contribution is -2.15. The Balaban J connectivity index is 2.71. The summed E-state index contributed by atoms with van der Waals surface area (Å²) in [5.74, 6) is 1.97. The second kappa shape index (κ2) is 25.0. The zero-order valence-corrected chi connectivity index (χ0v) is 29.6. The number of ketones is 1. The van der Waals surface area contributed by atoms with Crippen LogP contribution in [0.5, 0.6) is 23.0 Å². The Morgan fingerprint density at radius 2 is 1.00 bits per heavy atom. The van der Waals surface area contributed by atoms with Gasteiger partial charge in [0.1, 0.15) is 0 Å². The van der Waals surface area contributed by atoms with Crippen molar-refractivity contribution in [1.29, 1.82) is 0 Å². The van der Waals surface area contributed by atoms with Crippen molar-refractivity contribution in [2.75, 3.05) is 33.0 Å². The van der Waals surface area contributed by atoms with Crippen LogP contribution in [0.4, 0.5) is 0 Å². The fraction of sp³-hybridized carbons (Fsp3) is 0.625. The summed E-state index contributed by atoms with van der Waals surface area (Å²) in [6.45, 7) is 13.3. The molecule has 0 saturated heterocycles. The average Bonchev–Trinajstić information content (AvgIpc) is 3.07. The van der Waals surface area contributed by atoms with Crippen LogP contribution in [-0.2, 0) is 4.74 Å². The van der Waals surface area contributed by atoms with Gasteiger partial charge in [0.05, 0.1) is 38.6 Å². The van der Waals surface area contributed by atoms with Crippen LogP contribution in [0.1, 0.15) is 147 Å². The number of carbonyl (C=O) groups excluding carboxylic acids is 1. The van der Waals surface area contributed by atoms with E-state index in [1.807, 2.05) is 36.4 Å². The number of hydrogen-bond donors (Lipinski definition) is 0. The van der Waals surface area contributed by atoms with Crippen molar-refractivity contribution in [3.8, 4) is 23.0 Å². The largest absolute Gasteiger partial charge is 0.490 e. The molecule has 0 unspecified atom stereocenters. The monoisotopic (exact) mass is 638 g/mol. The summed E-state index contributed by atoms with van der Waals surface area (Å²) in [6.07, 6.45) is 17.0. The van der Waals surface area contributed by atoms with Crippen molar-refractivity contribution in [1.82, 2.24) is 0 Å². The number of rotatable bonds is 28. The van der Waals surface area contributed by atoms with E-state index in [9.17, 15) is 4.79 Å².